The van der Waals surface area contributed by atoms with Gasteiger partial charge in [-0.15, -0.1) is 0 Å². The van der Waals surface area contributed by atoms with Crippen LogP contribution in [0.2, 0.25) is 0 Å². The molecule has 5 rings (SSSR count). The molecule has 0 radical (unpaired) electrons. The first-order valence-corrected chi connectivity index (χ1v) is 12.1. The highest BCUT2D eigenvalue weighted by atomic mass is 19.1. The molecule has 0 N–H and O–H groups in total. The fourth-order valence-corrected chi connectivity index (χ4v) is 5.22. The van der Waals surface area contributed by atoms with Crippen molar-refractivity contribution < 1.29 is 23.3 Å². The maximum absolute atomic E-state index is 13.8. The van der Waals surface area contributed by atoms with Crippen molar-refractivity contribution in [2.24, 2.45) is 5.41 Å². The smallest absolute Gasteiger partial charge is 0.273 e. The molecule has 0 saturated carbocycles. The number of hydrogen-bond acceptors (Lipinski definition) is 4. The first-order valence-electron chi connectivity index (χ1n) is 12.1. The maximum atomic E-state index is 13.8. The number of likely N-dealkylation sites (tertiary alicyclic amines) is 2. The van der Waals surface area contributed by atoms with Crippen LogP contribution >= 0.6 is 0 Å². The minimum atomic E-state index is -0.818. The summed E-state index contributed by atoms with van der Waals surface area (Å²) in [6.45, 7) is 2.09. The molecule has 7 nitrogen and oxygen atoms in total. The number of halogens is 2. The van der Waals surface area contributed by atoms with Gasteiger partial charge in [-0.1, -0.05) is 24.3 Å². The molecule has 0 unspecified atom stereocenters. The van der Waals surface area contributed by atoms with Crippen LogP contribution in [0.3, 0.4) is 0 Å². The number of nitro groups is 1. The highest BCUT2D eigenvalue weighted by Crippen LogP contribution is 2.41. The summed E-state index contributed by atoms with van der Waals surface area (Å²) < 4.78 is 27.2. The van der Waals surface area contributed by atoms with E-state index in [1.165, 1.54) is 12.1 Å². The van der Waals surface area contributed by atoms with Gasteiger partial charge in [0.15, 0.2) is 0 Å². The number of benzene rings is 3. The first-order chi connectivity index (χ1) is 17.7. The molecule has 0 atom stereocenters. The van der Waals surface area contributed by atoms with Crippen LogP contribution in [0.25, 0.3) is 0 Å². The Hall–Kier alpha value is -4.14. The summed E-state index contributed by atoms with van der Waals surface area (Å²) in [5, 5.41) is 11.0. The zero-order valence-electron chi connectivity index (χ0n) is 20.0. The molecule has 2 saturated heterocycles. The van der Waals surface area contributed by atoms with E-state index >= 15 is 0 Å². The monoisotopic (exact) mass is 505 g/mol. The minimum absolute atomic E-state index is 0.0334. The number of carbonyl (C=O) groups is 2. The molecule has 37 heavy (non-hydrogen) atoms. The first kappa shape index (κ1) is 24.5. The average Bonchev–Trinajstić information content (AvgIpc) is 2.86. The fraction of sp³-hybridized carbons (Fsp3) is 0.286. The number of piperidine rings is 1. The Labute approximate surface area is 212 Å². The second-order valence-corrected chi connectivity index (χ2v) is 9.91. The molecule has 2 aliphatic rings. The predicted molar refractivity (Wildman–Crippen MR) is 132 cm³/mol. The second kappa shape index (κ2) is 9.72. The van der Waals surface area contributed by atoms with E-state index in [9.17, 15) is 28.5 Å². The normalized spacial score (nSPS) is 16.4. The van der Waals surface area contributed by atoms with E-state index in [2.05, 4.69) is 0 Å². The Morgan fingerprint density at radius 3 is 2.14 bits per heavy atom. The molecule has 2 fully saturated rings. The van der Waals surface area contributed by atoms with Crippen LogP contribution < -0.4 is 0 Å². The Morgan fingerprint density at radius 1 is 0.811 bits per heavy atom. The third kappa shape index (κ3) is 5.21. The molecule has 0 aliphatic carbocycles. The van der Waals surface area contributed by atoms with Gasteiger partial charge in [-0.2, -0.15) is 0 Å². The van der Waals surface area contributed by atoms with Gasteiger partial charge >= 0.3 is 0 Å². The van der Waals surface area contributed by atoms with Crippen LogP contribution in [0.15, 0.2) is 66.7 Å². The maximum Gasteiger partial charge on any atom is 0.273 e. The molecular weight excluding hydrogens is 480 g/mol. The number of amides is 2. The van der Waals surface area contributed by atoms with Crippen LogP contribution in [0.5, 0.6) is 0 Å². The van der Waals surface area contributed by atoms with E-state index in [4.69, 9.17) is 0 Å². The van der Waals surface area contributed by atoms with Gasteiger partial charge in [0, 0.05) is 48.8 Å². The molecule has 3 aromatic carbocycles. The molecule has 2 aliphatic heterocycles. The number of rotatable bonds is 5. The van der Waals surface area contributed by atoms with Crippen LogP contribution in [-0.2, 0) is 6.42 Å². The predicted octanol–water partition coefficient (Wildman–Crippen LogP) is 4.84. The summed E-state index contributed by atoms with van der Waals surface area (Å²) in [5.74, 6) is -1.57. The fourth-order valence-electron chi connectivity index (χ4n) is 5.22. The van der Waals surface area contributed by atoms with Crippen molar-refractivity contribution in [2.75, 3.05) is 26.2 Å². The van der Waals surface area contributed by atoms with E-state index in [1.807, 2.05) is 18.2 Å². The number of carbonyl (C=O) groups excluding carboxylic acids is 2. The van der Waals surface area contributed by atoms with Gasteiger partial charge in [-0.25, -0.2) is 8.78 Å². The second-order valence-electron chi connectivity index (χ2n) is 9.91. The van der Waals surface area contributed by atoms with Gasteiger partial charge in [0.05, 0.1) is 11.0 Å². The highest BCUT2D eigenvalue weighted by molar-refractivity contribution is 5.95. The standard InChI is InChI=1S/C28H25F2N3O4/c29-23-3-1-2-20(13-23)12-19-4-6-21(7-5-19)26(34)32-17-28(18-32)8-10-31(11-9-28)27(35)22-14-24(30)16-25(15-22)33(36)37/h1-7,13-16H,8-12,17-18H2. The molecule has 9 heteroatoms. The largest absolute Gasteiger partial charge is 0.339 e. The summed E-state index contributed by atoms with van der Waals surface area (Å²) in [4.78, 5) is 39.4. The number of non-ortho nitro benzene ring substituents is 1. The summed E-state index contributed by atoms with van der Waals surface area (Å²) in [6, 6.07) is 16.7. The zero-order chi connectivity index (χ0) is 26.2. The SMILES string of the molecule is O=C(c1cc(F)cc([N+](=O)[O-])c1)N1CCC2(CC1)CN(C(=O)c1ccc(Cc3cccc(F)c3)cc1)C2. The van der Waals surface area contributed by atoms with Crippen LogP contribution in [0.4, 0.5) is 14.5 Å². The van der Waals surface area contributed by atoms with Gasteiger partial charge in [-0.3, -0.25) is 19.7 Å². The molecule has 3 aromatic rings. The van der Waals surface area contributed by atoms with E-state index in [1.54, 1.807) is 28.0 Å². The van der Waals surface area contributed by atoms with E-state index in [0.29, 0.717) is 51.0 Å². The molecule has 2 amide bonds. The van der Waals surface area contributed by atoms with Gasteiger partial charge in [0.2, 0.25) is 0 Å². The number of hydrogen-bond donors (Lipinski definition) is 0. The molecule has 0 aromatic heterocycles. The summed E-state index contributed by atoms with van der Waals surface area (Å²) in [7, 11) is 0. The van der Waals surface area contributed by atoms with E-state index in [-0.39, 0.29) is 22.7 Å². The minimum Gasteiger partial charge on any atom is -0.339 e. The molecule has 190 valence electrons. The Bertz CT molecular complexity index is 1360. The van der Waals surface area contributed by atoms with E-state index < -0.39 is 22.3 Å². The topological polar surface area (TPSA) is 83.8 Å². The van der Waals surface area contributed by atoms with Gasteiger partial charge in [-0.05, 0) is 60.7 Å². The lowest BCUT2D eigenvalue weighted by Crippen LogP contribution is -2.62. The summed E-state index contributed by atoms with van der Waals surface area (Å²) >= 11 is 0. The Morgan fingerprint density at radius 2 is 1.49 bits per heavy atom. The molecule has 2 heterocycles. The van der Waals surface area contributed by atoms with Crippen molar-refractivity contribution >= 4 is 17.5 Å². The zero-order valence-corrected chi connectivity index (χ0v) is 20.0. The molecular formula is C28H25F2N3O4. The Balaban J connectivity index is 1.15. The third-order valence-corrected chi connectivity index (χ3v) is 7.29. The van der Waals surface area contributed by atoms with Gasteiger partial charge in [0.25, 0.3) is 17.5 Å². The van der Waals surface area contributed by atoms with Crippen molar-refractivity contribution in [3.05, 3.63) is 111 Å². The Kier molecular flexibility index (Phi) is 6.45. The van der Waals surface area contributed by atoms with Gasteiger partial charge < -0.3 is 9.80 Å². The lowest BCUT2D eigenvalue weighted by Gasteiger charge is -2.54. The van der Waals surface area contributed by atoms with E-state index in [0.717, 1.165) is 29.3 Å². The van der Waals surface area contributed by atoms with Crippen molar-refractivity contribution in [3.8, 4) is 0 Å². The molecule has 1 spiro atoms. The molecule has 0 bridgehead atoms. The average molecular weight is 506 g/mol. The van der Waals surface area contributed by atoms with Crippen molar-refractivity contribution in [1.29, 1.82) is 0 Å². The van der Waals surface area contributed by atoms with Crippen LogP contribution in [0, 0.1) is 27.2 Å². The summed E-state index contributed by atoms with van der Waals surface area (Å²) in [6.07, 6.45) is 1.98. The van der Waals surface area contributed by atoms with Crippen molar-refractivity contribution in [3.63, 3.8) is 0 Å². The van der Waals surface area contributed by atoms with Crippen molar-refractivity contribution in [1.82, 2.24) is 9.80 Å². The van der Waals surface area contributed by atoms with Crippen molar-refractivity contribution in [2.45, 2.75) is 19.3 Å². The lowest BCUT2D eigenvalue weighted by atomic mass is 9.71. The highest BCUT2D eigenvalue weighted by Gasteiger charge is 2.47. The third-order valence-electron chi connectivity index (χ3n) is 7.29. The summed E-state index contributed by atoms with van der Waals surface area (Å²) in [5.41, 5.74) is 1.91. The van der Waals surface area contributed by atoms with Gasteiger partial charge in [0.1, 0.15) is 11.6 Å². The van der Waals surface area contributed by atoms with Crippen LogP contribution in [-0.4, -0.2) is 52.7 Å². The number of nitrogens with zero attached hydrogens (tertiary/aromatic N) is 3. The van der Waals surface area contributed by atoms with Crippen LogP contribution in [0.1, 0.15) is 44.7 Å². The number of nitro benzene ring substituents is 1. The lowest BCUT2D eigenvalue weighted by molar-refractivity contribution is -0.385. The quantitative estimate of drug-likeness (QED) is 0.367.